The number of nitrogens with zero attached hydrogens (tertiary/aromatic N) is 1. The molecule has 1 aliphatic heterocycles. The SMILES string of the molecule is O=C(C=Cc1cccc(F)c1)N1CC[C@@H](O)C1. The van der Waals surface area contributed by atoms with E-state index in [9.17, 15) is 14.3 Å². The number of carbonyl (C=O) groups excluding carboxylic acids is 1. The summed E-state index contributed by atoms with van der Waals surface area (Å²) in [6.45, 7) is 0.958. The van der Waals surface area contributed by atoms with Crippen LogP contribution >= 0.6 is 0 Å². The van der Waals surface area contributed by atoms with Crippen molar-refractivity contribution in [3.8, 4) is 0 Å². The number of likely N-dealkylation sites (tertiary alicyclic amines) is 1. The highest BCUT2D eigenvalue weighted by atomic mass is 19.1. The first-order valence-corrected chi connectivity index (χ1v) is 5.56. The van der Waals surface area contributed by atoms with Crippen molar-refractivity contribution in [2.24, 2.45) is 0 Å². The molecule has 90 valence electrons. The number of rotatable bonds is 2. The average molecular weight is 235 g/mol. The van der Waals surface area contributed by atoms with E-state index in [1.54, 1.807) is 23.1 Å². The Morgan fingerprint density at radius 2 is 2.35 bits per heavy atom. The van der Waals surface area contributed by atoms with Crippen LogP contribution < -0.4 is 0 Å². The first-order valence-electron chi connectivity index (χ1n) is 5.56. The van der Waals surface area contributed by atoms with Crippen LogP contribution in [-0.4, -0.2) is 35.1 Å². The summed E-state index contributed by atoms with van der Waals surface area (Å²) in [5, 5.41) is 9.30. The van der Waals surface area contributed by atoms with Gasteiger partial charge in [0.15, 0.2) is 0 Å². The molecule has 1 aromatic carbocycles. The molecule has 0 unspecified atom stereocenters. The summed E-state index contributed by atoms with van der Waals surface area (Å²) in [4.78, 5) is 13.3. The molecule has 2 rings (SSSR count). The molecule has 1 heterocycles. The summed E-state index contributed by atoms with van der Waals surface area (Å²) in [7, 11) is 0. The van der Waals surface area contributed by atoms with E-state index in [4.69, 9.17) is 0 Å². The molecule has 1 aromatic rings. The number of hydrogen-bond acceptors (Lipinski definition) is 2. The first kappa shape index (κ1) is 11.8. The molecular weight excluding hydrogens is 221 g/mol. The molecule has 0 bridgehead atoms. The van der Waals surface area contributed by atoms with E-state index in [2.05, 4.69) is 0 Å². The Labute approximate surface area is 99.2 Å². The molecule has 3 nitrogen and oxygen atoms in total. The Bertz CT molecular complexity index is 445. The Kier molecular flexibility index (Phi) is 3.54. The minimum Gasteiger partial charge on any atom is -0.391 e. The van der Waals surface area contributed by atoms with Gasteiger partial charge in [-0.05, 0) is 30.2 Å². The van der Waals surface area contributed by atoms with Gasteiger partial charge in [-0.1, -0.05) is 12.1 Å². The van der Waals surface area contributed by atoms with E-state index in [0.717, 1.165) is 0 Å². The van der Waals surface area contributed by atoms with Crippen molar-refractivity contribution >= 4 is 12.0 Å². The third-order valence-electron chi connectivity index (χ3n) is 2.74. The van der Waals surface area contributed by atoms with E-state index in [0.29, 0.717) is 25.1 Å². The van der Waals surface area contributed by atoms with Crippen molar-refractivity contribution in [1.82, 2.24) is 4.90 Å². The summed E-state index contributed by atoms with van der Waals surface area (Å²) in [5.74, 6) is -0.470. The van der Waals surface area contributed by atoms with Crippen LogP contribution in [0.15, 0.2) is 30.3 Å². The molecule has 1 fully saturated rings. The lowest BCUT2D eigenvalue weighted by Gasteiger charge is -2.12. The third kappa shape index (κ3) is 3.14. The normalized spacial score (nSPS) is 20.1. The summed E-state index contributed by atoms with van der Waals surface area (Å²) in [6.07, 6.45) is 3.20. The van der Waals surface area contributed by atoms with Crippen molar-refractivity contribution < 1.29 is 14.3 Å². The standard InChI is InChI=1S/C13H14FNO2/c14-11-3-1-2-10(8-11)4-5-13(17)15-7-6-12(16)9-15/h1-5,8,12,16H,6-7,9H2/t12-/m1/s1. The van der Waals surface area contributed by atoms with Gasteiger partial charge in [-0.15, -0.1) is 0 Å². The number of amides is 1. The van der Waals surface area contributed by atoms with Gasteiger partial charge in [-0.25, -0.2) is 4.39 Å². The van der Waals surface area contributed by atoms with Crippen molar-refractivity contribution in [2.45, 2.75) is 12.5 Å². The van der Waals surface area contributed by atoms with Gasteiger partial charge in [-0.3, -0.25) is 4.79 Å². The fourth-order valence-corrected chi connectivity index (χ4v) is 1.83. The maximum atomic E-state index is 12.9. The molecule has 1 N–H and O–H groups in total. The fourth-order valence-electron chi connectivity index (χ4n) is 1.83. The minimum absolute atomic E-state index is 0.147. The minimum atomic E-state index is -0.415. The molecule has 1 amide bonds. The van der Waals surface area contributed by atoms with Gasteiger partial charge in [0.25, 0.3) is 0 Å². The van der Waals surface area contributed by atoms with Gasteiger partial charge in [0, 0.05) is 19.2 Å². The molecule has 1 atom stereocenters. The lowest BCUT2D eigenvalue weighted by Crippen LogP contribution is -2.27. The highest BCUT2D eigenvalue weighted by Gasteiger charge is 2.22. The Balaban J connectivity index is 1.98. The number of aliphatic hydroxyl groups excluding tert-OH is 1. The van der Waals surface area contributed by atoms with E-state index >= 15 is 0 Å². The second-order valence-corrected chi connectivity index (χ2v) is 4.12. The van der Waals surface area contributed by atoms with E-state index in [1.165, 1.54) is 18.2 Å². The molecule has 0 aliphatic carbocycles. The van der Waals surface area contributed by atoms with Gasteiger partial charge in [0.2, 0.25) is 5.91 Å². The third-order valence-corrected chi connectivity index (χ3v) is 2.74. The molecule has 0 radical (unpaired) electrons. The summed E-state index contributed by atoms with van der Waals surface area (Å²) in [5.41, 5.74) is 0.651. The number of halogens is 1. The van der Waals surface area contributed by atoms with Crippen LogP contribution in [0, 0.1) is 5.82 Å². The zero-order valence-electron chi connectivity index (χ0n) is 9.34. The number of β-amino-alcohol motifs (C(OH)–C–C–N with tert-alkyl or cyclic N) is 1. The lowest BCUT2D eigenvalue weighted by atomic mass is 10.2. The van der Waals surface area contributed by atoms with Crippen LogP contribution in [0.4, 0.5) is 4.39 Å². The zero-order chi connectivity index (χ0) is 12.3. The molecular formula is C13H14FNO2. The highest BCUT2D eigenvalue weighted by molar-refractivity contribution is 5.91. The molecule has 0 spiro atoms. The largest absolute Gasteiger partial charge is 0.391 e. The van der Waals surface area contributed by atoms with Crippen molar-refractivity contribution in [2.75, 3.05) is 13.1 Å². The number of hydrogen-bond donors (Lipinski definition) is 1. The zero-order valence-corrected chi connectivity index (χ0v) is 9.34. The van der Waals surface area contributed by atoms with Crippen molar-refractivity contribution in [3.05, 3.63) is 41.7 Å². The van der Waals surface area contributed by atoms with E-state index < -0.39 is 6.10 Å². The molecule has 1 saturated heterocycles. The average Bonchev–Trinajstić information content (AvgIpc) is 2.73. The monoisotopic (exact) mass is 235 g/mol. The molecule has 0 saturated carbocycles. The van der Waals surface area contributed by atoms with Gasteiger partial charge in [-0.2, -0.15) is 0 Å². The second-order valence-electron chi connectivity index (χ2n) is 4.12. The second kappa shape index (κ2) is 5.10. The molecule has 17 heavy (non-hydrogen) atoms. The van der Waals surface area contributed by atoms with Crippen molar-refractivity contribution in [3.63, 3.8) is 0 Å². The van der Waals surface area contributed by atoms with Crippen LogP contribution in [0.25, 0.3) is 6.08 Å². The van der Waals surface area contributed by atoms with Gasteiger partial charge in [0.1, 0.15) is 5.82 Å². The molecule has 4 heteroatoms. The fraction of sp³-hybridized carbons (Fsp3) is 0.308. The highest BCUT2D eigenvalue weighted by Crippen LogP contribution is 2.10. The maximum absolute atomic E-state index is 12.9. The van der Waals surface area contributed by atoms with Crippen LogP contribution in [0.3, 0.4) is 0 Å². The predicted molar refractivity (Wildman–Crippen MR) is 62.6 cm³/mol. The first-order chi connectivity index (χ1) is 8.15. The van der Waals surface area contributed by atoms with Gasteiger partial charge < -0.3 is 10.0 Å². The van der Waals surface area contributed by atoms with Crippen LogP contribution in [0.5, 0.6) is 0 Å². The van der Waals surface area contributed by atoms with Gasteiger partial charge >= 0.3 is 0 Å². The number of aliphatic hydroxyl groups is 1. The van der Waals surface area contributed by atoms with Crippen LogP contribution in [0.1, 0.15) is 12.0 Å². The Morgan fingerprint density at radius 1 is 1.53 bits per heavy atom. The maximum Gasteiger partial charge on any atom is 0.246 e. The number of carbonyl (C=O) groups is 1. The molecule has 1 aliphatic rings. The Morgan fingerprint density at radius 3 is 3.00 bits per heavy atom. The van der Waals surface area contributed by atoms with Crippen molar-refractivity contribution in [1.29, 1.82) is 0 Å². The summed E-state index contributed by atoms with van der Waals surface area (Å²) >= 11 is 0. The van der Waals surface area contributed by atoms with Crippen LogP contribution in [-0.2, 0) is 4.79 Å². The topological polar surface area (TPSA) is 40.5 Å². The quantitative estimate of drug-likeness (QED) is 0.788. The summed E-state index contributed by atoms with van der Waals surface area (Å²) < 4.78 is 12.9. The van der Waals surface area contributed by atoms with E-state index in [1.807, 2.05) is 0 Å². The lowest BCUT2D eigenvalue weighted by molar-refractivity contribution is -0.125. The Hall–Kier alpha value is -1.68. The summed E-state index contributed by atoms with van der Waals surface area (Å²) in [6, 6.07) is 6.05. The van der Waals surface area contributed by atoms with E-state index in [-0.39, 0.29) is 11.7 Å². The number of benzene rings is 1. The smallest absolute Gasteiger partial charge is 0.246 e. The van der Waals surface area contributed by atoms with Gasteiger partial charge in [0.05, 0.1) is 6.10 Å². The predicted octanol–water partition coefficient (Wildman–Crippen LogP) is 1.43. The molecule has 0 aromatic heterocycles. The van der Waals surface area contributed by atoms with Crippen LogP contribution in [0.2, 0.25) is 0 Å².